The van der Waals surface area contributed by atoms with Crippen molar-refractivity contribution in [3.8, 4) is 11.4 Å². The standard InChI is InChI=1S/C18H19N5O3S2/c1-3-23-17(13-5-4-10-19-11-13)21-22-18(23)27-12-16(24)20-14-6-8-15(9-7-14)28(2,25)26/h4-11H,3,12H2,1-2H3,(H,20,24). The van der Waals surface area contributed by atoms with Gasteiger partial charge in [-0.05, 0) is 43.3 Å². The molecular weight excluding hydrogens is 398 g/mol. The molecule has 1 N–H and O–H groups in total. The third-order valence-electron chi connectivity index (χ3n) is 3.85. The van der Waals surface area contributed by atoms with E-state index in [1.165, 1.54) is 23.9 Å². The quantitative estimate of drug-likeness (QED) is 0.589. The summed E-state index contributed by atoms with van der Waals surface area (Å²) in [5.74, 6) is 0.638. The van der Waals surface area contributed by atoms with Gasteiger partial charge in [0.05, 0.1) is 10.6 Å². The van der Waals surface area contributed by atoms with Crippen LogP contribution in [0.5, 0.6) is 0 Å². The van der Waals surface area contributed by atoms with Crippen molar-refractivity contribution in [3.05, 3.63) is 48.8 Å². The van der Waals surface area contributed by atoms with Gasteiger partial charge in [-0.1, -0.05) is 11.8 Å². The van der Waals surface area contributed by atoms with Gasteiger partial charge in [0.25, 0.3) is 0 Å². The van der Waals surface area contributed by atoms with E-state index in [1.807, 2.05) is 23.6 Å². The van der Waals surface area contributed by atoms with Gasteiger partial charge in [0.15, 0.2) is 20.8 Å². The van der Waals surface area contributed by atoms with Crippen molar-refractivity contribution in [2.45, 2.75) is 23.5 Å². The first-order valence-corrected chi connectivity index (χ1v) is 11.3. The minimum atomic E-state index is -3.26. The molecule has 8 nitrogen and oxygen atoms in total. The number of amides is 1. The van der Waals surface area contributed by atoms with Crippen LogP contribution in [-0.2, 0) is 21.2 Å². The zero-order chi connectivity index (χ0) is 20.1. The van der Waals surface area contributed by atoms with Crippen LogP contribution in [0.25, 0.3) is 11.4 Å². The molecule has 2 heterocycles. The van der Waals surface area contributed by atoms with E-state index in [0.29, 0.717) is 23.2 Å². The fraction of sp³-hybridized carbons (Fsp3) is 0.222. The fourth-order valence-electron chi connectivity index (χ4n) is 2.50. The molecule has 10 heteroatoms. The number of carbonyl (C=O) groups excluding carboxylic acids is 1. The highest BCUT2D eigenvalue weighted by Gasteiger charge is 2.15. The lowest BCUT2D eigenvalue weighted by atomic mass is 10.3. The lowest BCUT2D eigenvalue weighted by molar-refractivity contribution is -0.113. The highest BCUT2D eigenvalue weighted by molar-refractivity contribution is 7.99. The van der Waals surface area contributed by atoms with Gasteiger partial charge in [0.1, 0.15) is 0 Å². The van der Waals surface area contributed by atoms with Gasteiger partial charge >= 0.3 is 0 Å². The van der Waals surface area contributed by atoms with Crippen molar-refractivity contribution in [1.29, 1.82) is 0 Å². The highest BCUT2D eigenvalue weighted by Crippen LogP contribution is 2.23. The second-order valence-electron chi connectivity index (χ2n) is 5.93. The van der Waals surface area contributed by atoms with Crippen molar-refractivity contribution in [1.82, 2.24) is 19.7 Å². The molecular formula is C18H19N5O3S2. The van der Waals surface area contributed by atoms with Crippen molar-refractivity contribution < 1.29 is 13.2 Å². The van der Waals surface area contributed by atoms with Crippen LogP contribution >= 0.6 is 11.8 Å². The van der Waals surface area contributed by atoms with Crippen LogP contribution in [0.15, 0.2) is 58.8 Å². The van der Waals surface area contributed by atoms with Crippen LogP contribution < -0.4 is 5.32 Å². The largest absolute Gasteiger partial charge is 0.325 e. The molecule has 3 aromatic rings. The Morgan fingerprint density at radius 1 is 1.18 bits per heavy atom. The van der Waals surface area contributed by atoms with E-state index in [2.05, 4.69) is 20.5 Å². The molecule has 0 fully saturated rings. The first-order valence-electron chi connectivity index (χ1n) is 8.45. The number of nitrogens with zero attached hydrogens (tertiary/aromatic N) is 4. The number of anilines is 1. The van der Waals surface area contributed by atoms with Gasteiger partial charge in [0.2, 0.25) is 5.91 Å². The van der Waals surface area contributed by atoms with Crippen LogP contribution in [0.2, 0.25) is 0 Å². The molecule has 0 unspecified atom stereocenters. The summed E-state index contributed by atoms with van der Waals surface area (Å²) in [6, 6.07) is 9.80. The van der Waals surface area contributed by atoms with Gasteiger partial charge in [-0.25, -0.2) is 8.42 Å². The molecule has 0 atom stereocenters. The second-order valence-corrected chi connectivity index (χ2v) is 8.88. The molecule has 2 aromatic heterocycles. The summed E-state index contributed by atoms with van der Waals surface area (Å²) in [6.07, 6.45) is 4.55. The lowest BCUT2D eigenvalue weighted by Gasteiger charge is -2.08. The molecule has 0 aliphatic carbocycles. The third-order valence-corrected chi connectivity index (χ3v) is 5.95. The minimum Gasteiger partial charge on any atom is -0.325 e. The molecule has 1 aromatic carbocycles. The molecule has 0 aliphatic rings. The molecule has 0 aliphatic heterocycles. The normalized spacial score (nSPS) is 11.4. The molecule has 1 amide bonds. The zero-order valence-corrected chi connectivity index (χ0v) is 17.0. The van der Waals surface area contributed by atoms with Crippen molar-refractivity contribution >= 4 is 33.2 Å². The Morgan fingerprint density at radius 2 is 1.93 bits per heavy atom. The number of rotatable bonds is 7. The number of thioether (sulfide) groups is 1. The lowest BCUT2D eigenvalue weighted by Crippen LogP contribution is -2.14. The number of hydrogen-bond acceptors (Lipinski definition) is 7. The molecule has 0 saturated carbocycles. The smallest absolute Gasteiger partial charge is 0.234 e. The van der Waals surface area contributed by atoms with Crippen molar-refractivity contribution in [2.24, 2.45) is 0 Å². The summed E-state index contributed by atoms with van der Waals surface area (Å²) >= 11 is 1.28. The Labute approximate surface area is 167 Å². The first-order chi connectivity index (χ1) is 13.4. The van der Waals surface area contributed by atoms with E-state index in [4.69, 9.17) is 0 Å². The monoisotopic (exact) mass is 417 g/mol. The SMILES string of the molecule is CCn1c(SCC(=O)Nc2ccc(S(C)(=O)=O)cc2)nnc1-c1cccnc1. The number of sulfone groups is 1. The van der Waals surface area contributed by atoms with Crippen molar-refractivity contribution in [3.63, 3.8) is 0 Å². The molecule has 0 radical (unpaired) electrons. The molecule has 0 bridgehead atoms. The van der Waals surface area contributed by atoms with Gasteiger partial charge < -0.3 is 9.88 Å². The van der Waals surface area contributed by atoms with Gasteiger partial charge in [-0.2, -0.15) is 0 Å². The first kappa shape index (κ1) is 20.0. The topological polar surface area (TPSA) is 107 Å². The summed E-state index contributed by atoms with van der Waals surface area (Å²) in [5, 5.41) is 11.8. The maximum atomic E-state index is 12.2. The molecule has 3 rings (SSSR count). The maximum absolute atomic E-state index is 12.2. The third kappa shape index (κ3) is 4.76. The number of pyridine rings is 1. The summed E-state index contributed by atoms with van der Waals surface area (Å²) in [6.45, 7) is 2.64. The number of carbonyl (C=O) groups is 1. The summed E-state index contributed by atoms with van der Waals surface area (Å²) in [7, 11) is -3.26. The number of benzene rings is 1. The number of hydrogen-bond donors (Lipinski definition) is 1. The predicted octanol–water partition coefficient (Wildman–Crippen LogP) is 2.49. The average Bonchev–Trinajstić information content (AvgIpc) is 3.10. The van der Waals surface area contributed by atoms with Gasteiger partial charge in [-0.15, -0.1) is 10.2 Å². The van der Waals surface area contributed by atoms with E-state index < -0.39 is 9.84 Å². The Balaban J connectivity index is 1.64. The van der Waals surface area contributed by atoms with Gasteiger partial charge in [-0.3, -0.25) is 9.78 Å². The Kier molecular flexibility index (Phi) is 6.10. The van der Waals surface area contributed by atoms with Crippen LogP contribution in [0.3, 0.4) is 0 Å². The fourth-order valence-corrected chi connectivity index (χ4v) is 3.93. The average molecular weight is 418 g/mol. The zero-order valence-electron chi connectivity index (χ0n) is 15.4. The van der Waals surface area contributed by atoms with Gasteiger partial charge in [0, 0.05) is 36.4 Å². The summed E-state index contributed by atoms with van der Waals surface area (Å²) < 4.78 is 24.9. The summed E-state index contributed by atoms with van der Waals surface area (Å²) in [4.78, 5) is 16.5. The maximum Gasteiger partial charge on any atom is 0.234 e. The van der Waals surface area contributed by atoms with E-state index in [-0.39, 0.29) is 16.6 Å². The summed E-state index contributed by atoms with van der Waals surface area (Å²) in [5.41, 5.74) is 1.39. The van der Waals surface area contributed by atoms with Crippen molar-refractivity contribution in [2.75, 3.05) is 17.3 Å². The Morgan fingerprint density at radius 3 is 2.54 bits per heavy atom. The van der Waals surface area contributed by atoms with E-state index in [1.54, 1.807) is 24.5 Å². The Hall–Kier alpha value is -2.72. The predicted molar refractivity (Wildman–Crippen MR) is 108 cm³/mol. The number of nitrogens with one attached hydrogen (secondary N) is 1. The van der Waals surface area contributed by atoms with Crippen LogP contribution in [0.1, 0.15) is 6.92 Å². The molecule has 146 valence electrons. The minimum absolute atomic E-state index is 0.152. The Bertz CT molecular complexity index is 1060. The van der Waals surface area contributed by atoms with Crippen LogP contribution in [0, 0.1) is 0 Å². The molecule has 28 heavy (non-hydrogen) atoms. The number of aromatic nitrogens is 4. The molecule has 0 saturated heterocycles. The molecule has 0 spiro atoms. The van der Waals surface area contributed by atoms with E-state index in [9.17, 15) is 13.2 Å². The second kappa shape index (κ2) is 8.53. The highest BCUT2D eigenvalue weighted by atomic mass is 32.2. The van der Waals surface area contributed by atoms with Crippen LogP contribution in [0.4, 0.5) is 5.69 Å². The van der Waals surface area contributed by atoms with E-state index in [0.717, 1.165) is 11.8 Å². The van der Waals surface area contributed by atoms with E-state index >= 15 is 0 Å². The van der Waals surface area contributed by atoms with Crippen LogP contribution in [-0.4, -0.2) is 46.1 Å².